The lowest BCUT2D eigenvalue weighted by molar-refractivity contribution is -0.132. The molecular formula is C34H36FN5O6S2. The van der Waals surface area contributed by atoms with Gasteiger partial charge in [-0.25, -0.2) is 12.8 Å². The molecule has 6 rings (SSSR count). The molecule has 1 aliphatic carbocycles. The summed E-state index contributed by atoms with van der Waals surface area (Å²) in [6.45, 7) is 2.19. The number of anilines is 1. The highest BCUT2D eigenvalue weighted by Gasteiger charge is 2.50. The number of nitrogens with one attached hydrogen (secondary N) is 1. The highest BCUT2D eigenvalue weighted by atomic mass is 32.2. The van der Waals surface area contributed by atoms with E-state index >= 15 is 4.39 Å². The summed E-state index contributed by atoms with van der Waals surface area (Å²) in [5.41, 5.74) is 19.4. The van der Waals surface area contributed by atoms with Crippen molar-refractivity contribution >= 4 is 54.5 Å². The molecule has 2 amide bonds. The number of thiophene rings is 1. The van der Waals surface area contributed by atoms with Crippen LogP contribution in [0, 0.1) is 12.7 Å². The Bertz CT molecular complexity index is 2070. The van der Waals surface area contributed by atoms with E-state index in [9.17, 15) is 22.8 Å². The first-order chi connectivity index (χ1) is 22.7. The third kappa shape index (κ3) is 5.93. The zero-order chi connectivity index (χ0) is 34.5. The van der Waals surface area contributed by atoms with E-state index in [1.165, 1.54) is 13.0 Å². The highest BCUT2D eigenvalue weighted by Crippen LogP contribution is 2.50. The monoisotopic (exact) mass is 693 g/mol. The van der Waals surface area contributed by atoms with Crippen LogP contribution in [0.2, 0.25) is 0 Å². The number of hydrogen-bond acceptors (Lipinski definition) is 10. The fourth-order valence-electron chi connectivity index (χ4n) is 6.61. The number of ether oxygens (including phenoxy) is 1. The number of benzene rings is 3. The maximum absolute atomic E-state index is 15.8. The Morgan fingerprint density at radius 2 is 1.83 bits per heavy atom. The minimum Gasteiger partial charge on any atom is -0.454 e. The lowest BCUT2D eigenvalue weighted by Gasteiger charge is -2.37. The van der Waals surface area contributed by atoms with Gasteiger partial charge in [0.05, 0.1) is 21.4 Å². The van der Waals surface area contributed by atoms with E-state index in [1.807, 2.05) is 6.07 Å². The number of carbonyl (C=O) groups excluding carboxylic acids is 3. The Morgan fingerprint density at radius 1 is 1.12 bits per heavy atom. The maximum atomic E-state index is 15.8. The number of nitrogens with zero attached hydrogens (tertiary/aromatic N) is 1. The summed E-state index contributed by atoms with van der Waals surface area (Å²) < 4.78 is 45.2. The number of ketones is 1. The van der Waals surface area contributed by atoms with Gasteiger partial charge in [0.25, 0.3) is 5.91 Å². The molecule has 2 aliphatic rings. The van der Waals surface area contributed by atoms with Crippen LogP contribution in [0.25, 0.3) is 10.1 Å². The van der Waals surface area contributed by atoms with Gasteiger partial charge < -0.3 is 32.2 Å². The number of rotatable bonds is 8. The van der Waals surface area contributed by atoms with E-state index in [-0.39, 0.29) is 46.4 Å². The zero-order valence-electron chi connectivity index (χ0n) is 26.4. The molecule has 3 atom stereocenters. The van der Waals surface area contributed by atoms with Crippen molar-refractivity contribution < 1.29 is 31.9 Å². The zero-order valence-corrected chi connectivity index (χ0v) is 28.0. The standard InChI is InChI=1S/C34H36FN5O6S2/c1-18-21(11-13-24(28(18)35)46-20-8-4-3-5-9-20)34(38)22-10-12-23(36)30-26(22)27(29(37)32(34)42)31(47-30)33(43)39-19-7-6-15-40(17-19)25(41)14-16-48(2,44)45/h3-5,8-13,19,29H,6-7,14-17,36-38H2,1-2H3,(H,39,43). The summed E-state index contributed by atoms with van der Waals surface area (Å²) >= 11 is 1.09. The molecular weight excluding hydrogens is 658 g/mol. The molecule has 3 unspecified atom stereocenters. The van der Waals surface area contributed by atoms with Crippen LogP contribution in [-0.2, 0) is 25.0 Å². The molecule has 4 aromatic rings. The van der Waals surface area contributed by atoms with Gasteiger partial charge >= 0.3 is 0 Å². The molecule has 1 fully saturated rings. The summed E-state index contributed by atoms with van der Waals surface area (Å²) in [6, 6.07) is 13.2. The van der Waals surface area contributed by atoms with Crippen LogP contribution < -0.4 is 27.3 Å². The molecule has 48 heavy (non-hydrogen) atoms. The van der Waals surface area contributed by atoms with Crippen molar-refractivity contribution in [3.63, 3.8) is 0 Å². The van der Waals surface area contributed by atoms with Gasteiger partial charge in [0.2, 0.25) is 5.91 Å². The molecule has 2 heterocycles. The normalized spacial score (nSPS) is 20.9. The second-order valence-electron chi connectivity index (χ2n) is 12.4. The number of likely N-dealkylation sites (tertiary alicyclic amines) is 1. The van der Waals surface area contributed by atoms with Crippen molar-refractivity contribution in [2.45, 2.75) is 43.8 Å². The molecule has 0 spiro atoms. The second-order valence-corrected chi connectivity index (χ2v) is 15.7. The number of sulfone groups is 1. The molecule has 1 saturated heterocycles. The number of Topliss-reactive ketones (excluding diaryl/α,β-unsaturated/α-hetero) is 1. The van der Waals surface area contributed by atoms with Gasteiger partial charge in [-0.15, -0.1) is 11.3 Å². The minimum atomic E-state index is -3.30. The van der Waals surface area contributed by atoms with Crippen molar-refractivity contribution in [1.29, 1.82) is 0 Å². The molecule has 3 aromatic carbocycles. The first kappa shape index (κ1) is 33.5. The van der Waals surface area contributed by atoms with Gasteiger partial charge in [-0.3, -0.25) is 14.4 Å². The predicted molar refractivity (Wildman–Crippen MR) is 182 cm³/mol. The Kier molecular flexibility index (Phi) is 8.79. The largest absolute Gasteiger partial charge is 0.454 e. The van der Waals surface area contributed by atoms with Gasteiger partial charge in [0, 0.05) is 48.4 Å². The Labute approximate surface area is 281 Å². The summed E-state index contributed by atoms with van der Waals surface area (Å²) in [4.78, 5) is 42.5. The van der Waals surface area contributed by atoms with Crippen LogP contribution in [0.1, 0.15) is 57.2 Å². The van der Waals surface area contributed by atoms with Crippen LogP contribution in [0.5, 0.6) is 11.5 Å². The molecule has 1 aromatic heterocycles. The lowest BCUT2D eigenvalue weighted by Crippen LogP contribution is -2.53. The predicted octanol–water partition coefficient (Wildman–Crippen LogP) is 3.66. The van der Waals surface area contributed by atoms with E-state index in [2.05, 4.69) is 5.32 Å². The van der Waals surface area contributed by atoms with Crippen molar-refractivity contribution in [3.05, 3.63) is 87.5 Å². The lowest BCUT2D eigenvalue weighted by atomic mass is 9.69. The average Bonchev–Trinajstić information content (AvgIpc) is 3.47. The van der Waals surface area contributed by atoms with E-state index < -0.39 is 45.0 Å². The van der Waals surface area contributed by atoms with Crippen molar-refractivity contribution in [2.24, 2.45) is 11.5 Å². The number of nitrogens with two attached hydrogens (primary N) is 3. The van der Waals surface area contributed by atoms with E-state index in [1.54, 1.807) is 47.4 Å². The Balaban J connectivity index is 1.34. The molecule has 14 heteroatoms. The van der Waals surface area contributed by atoms with Gasteiger partial charge in [-0.1, -0.05) is 30.3 Å². The van der Waals surface area contributed by atoms with Crippen LogP contribution in [-0.4, -0.2) is 62.1 Å². The molecule has 252 valence electrons. The minimum absolute atomic E-state index is 0.0328. The summed E-state index contributed by atoms with van der Waals surface area (Å²) in [6.07, 6.45) is 2.16. The quantitative estimate of drug-likeness (QED) is 0.200. The van der Waals surface area contributed by atoms with Gasteiger partial charge in [-0.2, -0.15) is 0 Å². The first-order valence-electron chi connectivity index (χ1n) is 15.4. The fraction of sp³-hybridized carbons (Fsp3) is 0.324. The van der Waals surface area contributed by atoms with E-state index in [4.69, 9.17) is 21.9 Å². The second kappa shape index (κ2) is 12.6. The van der Waals surface area contributed by atoms with Gasteiger partial charge in [-0.05, 0) is 60.7 Å². The number of piperidine rings is 1. The van der Waals surface area contributed by atoms with Crippen LogP contribution in [0.4, 0.5) is 10.1 Å². The van der Waals surface area contributed by atoms with Crippen LogP contribution >= 0.6 is 11.3 Å². The topological polar surface area (TPSA) is 188 Å². The van der Waals surface area contributed by atoms with Crippen molar-refractivity contribution in [3.8, 4) is 11.5 Å². The van der Waals surface area contributed by atoms with E-state index in [0.29, 0.717) is 52.0 Å². The Hall–Kier alpha value is -4.37. The van der Waals surface area contributed by atoms with Crippen LogP contribution in [0.15, 0.2) is 54.6 Å². The number of amides is 2. The molecule has 1 aliphatic heterocycles. The number of para-hydroxylation sites is 1. The highest BCUT2D eigenvalue weighted by molar-refractivity contribution is 7.90. The van der Waals surface area contributed by atoms with E-state index in [0.717, 1.165) is 17.6 Å². The molecule has 11 nitrogen and oxygen atoms in total. The smallest absolute Gasteiger partial charge is 0.262 e. The summed E-state index contributed by atoms with van der Waals surface area (Å²) in [7, 11) is -3.30. The number of hydrogen-bond donors (Lipinski definition) is 4. The van der Waals surface area contributed by atoms with Crippen LogP contribution in [0.3, 0.4) is 0 Å². The van der Waals surface area contributed by atoms with Crippen molar-refractivity contribution in [2.75, 3.05) is 30.8 Å². The first-order valence-corrected chi connectivity index (χ1v) is 18.3. The third-order valence-electron chi connectivity index (χ3n) is 9.06. The number of nitrogen functional groups attached to an aromatic ring is 1. The van der Waals surface area contributed by atoms with Crippen molar-refractivity contribution in [1.82, 2.24) is 10.2 Å². The fourth-order valence-corrected chi connectivity index (χ4v) is 8.36. The maximum Gasteiger partial charge on any atom is 0.262 e. The SMILES string of the molecule is Cc1c(C2(N)C(=O)C(N)c3c(C(=O)NC4CCCN(C(=O)CCS(C)(=O)=O)C4)sc4c(N)ccc2c34)ccc(Oc2ccccc2)c1F. The molecule has 7 N–H and O–H groups in total. The van der Waals surface area contributed by atoms with Gasteiger partial charge in [0.15, 0.2) is 17.3 Å². The molecule has 0 saturated carbocycles. The molecule has 0 radical (unpaired) electrons. The average molecular weight is 694 g/mol. The number of halogens is 1. The molecule has 0 bridgehead atoms. The third-order valence-corrected chi connectivity index (χ3v) is 11.3. The number of carbonyl (C=O) groups is 3. The Morgan fingerprint density at radius 3 is 2.54 bits per heavy atom. The summed E-state index contributed by atoms with van der Waals surface area (Å²) in [5, 5.41) is 3.46. The summed E-state index contributed by atoms with van der Waals surface area (Å²) in [5.74, 6) is -1.92. The van der Waals surface area contributed by atoms with Gasteiger partial charge in [0.1, 0.15) is 21.1 Å².